The molecule has 0 heterocycles. The zero-order valence-corrected chi connectivity index (χ0v) is 28.1. The Morgan fingerprint density at radius 3 is 2.17 bits per heavy atom. The van der Waals surface area contributed by atoms with Gasteiger partial charge in [-0.05, 0) is 79.9 Å². The van der Waals surface area contributed by atoms with Crippen LogP contribution in [0.5, 0.6) is 5.75 Å². The van der Waals surface area contributed by atoms with Gasteiger partial charge in [-0.3, -0.25) is 13.9 Å². The van der Waals surface area contributed by atoms with Gasteiger partial charge in [-0.25, -0.2) is 8.42 Å². The number of methoxy groups -OCH3 is 1. The predicted octanol–water partition coefficient (Wildman–Crippen LogP) is 6.41. The van der Waals surface area contributed by atoms with Crippen molar-refractivity contribution in [2.45, 2.75) is 57.1 Å². The smallest absolute Gasteiger partial charge is 0.264 e. The van der Waals surface area contributed by atoms with E-state index in [1.54, 1.807) is 43.5 Å². The number of amides is 2. The van der Waals surface area contributed by atoms with Gasteiger partial charge in [0.15, 0.2) is 0 Å². The molecule has 0 spiro atoms. The molecule has 4 aromatic carbocycles. The topological polar surface area (TPSA) is 96.0 Å². The maximum Gasteiger partial charge on any atom is 0.264 e. The Morgan fingerprint density at radius 1 is 0.891 bits per heavy atom. The summed E-state index contributed by atoms with van der Waals surface area (Å²) in [6.07, 6.45) is 0.932. The molecule has 0 aromatic heterocycles. The number of aryl methyl sites for hydroxylation is 1. The standard InChI is InChI=1S/C36H40ClN3O5S/c1-5-27(3)38-36(42)34(23-28-10-7-6-8-11-28)39(24-29-12-9-13-32(22-29)45-4)35(41)25-40(31-18-14-26(2)15-19-31)46(43,44)33-20-16-30(37)17-21-33/h6-22,27,34H,5,23-25H2,1-4H3,(H,38,42)/t27-,34+/m1/s1. The summed E-state index contributed by atoms with van der Waals surface area (Å²) in [6, 6.07) is 28.4. The number of nitrogens with zero attached hydrogens (tertiary/aromatic N) is 2. The molecule has 10 heteroatoms. The van der Waals surface area contributed by atoms with Crippen molar-refractivity contribution in [3.8, 4) is 5.75 Å². The van der Waals surface area contributed by atoms with Crippen LogP contribution in [0.15, 0.2) is 108 Å². The van der Waals surface area contributed by atoms with Crippen LogP contribution in [-0.2, 0) is 32.6 Å². The molecular weight excluding hydrogens is 622 g/mol. The number of nitrogens with one attached hydrogen (secondary N) is 1. The van der Waals surface area contributed by atoms with E-state index < -0.39 is 28.5 Å². The van der Waals surface area contributed by atoms with Crippen LogP contribution >= 0.6 is 11.6 Å². The highest BCUT2D eigenvalue weighted by atomic mass is 35.5. The summed E-state index contributed by atoms with van der Waals surface area (Å²) in [7, 11) is -2.66. The van der Waals surface area contributed by atoms with Gasteiger partial charge in [-0.1, -0.05) is 78.7 Å². The lowest BCUT2D eigenvalue weighted by molar-refractivity contribution is -0.140. The Hall–Kier alpha value is -4.34. The minimum Gasteiger partial charge on any atom is -0.497 e. The summed E-state index contributed by atoms with van der Waals surface area (Å²) >= 11 is 6.06. The molecule has 46 heavy (non-hydrogen) atoms. The molecular formula is C36H40ClN3O5S. The van der Waals surface area contributed by atoms with Gasteiger partial charge in [-0.2, -0.15) is 0 Å². The highest BCUT2D eigenvalue weighted by Gasteiger charge is 2.35. The van der Waals surface area contributed by atoms with Crippen molar-refractivity contribution in [3.63, 3.8) is 0 Å². The van der Waals surface area contributed by atoms with Crippen molar-refractivity contribution in [1.29, 1.82) is 0 Å². The first kappa shape index (κ1) is 34.5. The lowest BCUT2D eigenvalue weighted by Gasteiger charge is -2.34. The zero-order chi connectivity index (χ0) is 33.3. The predicted molar refractivity (Wildman–Crippen MR) is 183 cm³/mol. The fourth-order valence-corrected chi connectivity index (χ4v) is 6.48. The van der Waals surface area contributed by atoms with Crippen LogP contribution in [0, 0.1) is 6.92 Å². The van der Waals surface area contributed by atoms with E-state index in [1.807, 2.05) is 63.2 Å². The van der Waals surface area contributed by atoms with Crippen molar-refractivity contribution in [2.24, 2.45) is 0 Å². The van der Waals surface area contributed by atoms with Crippen LogP contribution in [0.25, 0.3) is 0 Å². The fourth-order valence-electron chi connectivity index (χ4n) is 4.94. The monoisotopic (exact) mass is 661 g/mol. The van der Waals surface area contributed by atoms with E-state index in [0.717, 1.165) is 21.0 Å². The molecule has 0 saturated carbocycles. The number of ether oxygens (including phenoxy) is 1. The van der Waals surface area contributed by atoms with E-state index in [0.29, 0.717) is 22.9 Å². The van der Waals surface area contributed by atoms with Gasteiger partial charge in [0.05, 0.1) is 17.7 Å². The second-order valence-corrected chi connectivity index (χ2v) is 13.5. The van der Waals surface area contributed by atoms with E-state index in [2.05, 4.69) is 5.32 Å². The molecule has 0 fully saturated rings. The van der Waals surface area contributed by atoms with Crippen LogP contribution in [-0.4, -0.2) is 50.9 Å². The fraction of sp³-hybridized carbons (Fsp3) is 0.278. The first-order valence-electron chi connectivity index (χ1n) is 15.1. The molecule has 1 N–H and O–H groups in total. The highest BCUT2D eigenvalue weighted by molar-refractivity contribution is 7.92. The van der Waals surface area contributed by atoms with E-state index in [1.165, 1.54) is 29.2 Å². The third-order valence-corrected chi connectivity index (χ3v) is 9.80. The van der Waals surface area contributed by atoms with Gasteiger partial charge in [-0.15, -0.1) is 0 Å². The quantitative estimate of drug-likeness (QED) is 0.169. The van der Waals surface area contributed by atoms with Crippen molar-refractivity contribution < 1.29 is 22.7 Å². The van der Waals surface area contributed by atoms with Crippen molar-refractivity contribution in [2.75, 3.05) is 18.0 Å². The van der Waals surface area contributed by atoms with Crippen molar-refractivity contribution in [3.05, 3.63) is 125 Å². The SMILES string of the molecule is CC[C@@H](C)NC(=O)[C@H](Cc1ccccc1)N(Cc1cccc(OC)c1)C(=O)CN(c1ccc(C)cc1)S(=O)(=O)c1ccc(Cl)cc1. The molecule has 0 bridgehead atoms. The normalized spacial score (nSPS) is 12.5. The number of carbonyl (C=O) groups is 2. The number of sulfonamides is 1. The van der Waals surface area contributed by atoms with Crippen LogP contribution in [0.2, 0.25) is 5.02 Å². The number of benzene rings is 4. The molecule has 0 unspecified atom stereocenters. The minimum atomic E-state index is -4.22. The highest BCUT2D eigenvalue weighted by Crippen LogP contribution is 2.27. The van der Waals surface area contributed by atoms with Crippen LogP contribution in [0.1, 0.15) is 37.0 Å². The average Bonchev–Trinajstić information content (AvgIpc) is 3.06. The summed E-state index contributed by atoms with van der Waals surface area (Å²) in [6.45, 7) is 5.28. The van der Waals surface area contributed by atoms with Gasteiger partial charge >= 0.3 is 0 Å². The molecule has 0 aliphatic rings. The van der Waals surface area contributed by atoms with Crippen molar-refractivity contribution in [1.82, 2.24) is 10.2 Å². The Bertz CT molecular complexity index is 1720. The average molecular weight is 662 g/mol. The second kappa shape index (κ2) is 15.8. The molecule has 4 rings (SSSR count). The lowest BCUT2D eigenvalue weighted by Crippen LogP contribution is -2.54. The van der Waals surface area contributed by atoms with Gasteiger partial charge in [0.1, 0.15) is 18.3 Å². The van der Waals surface area contributed by atoms with Crippen LogP contribution < -0.4 is 14.4 Å². The molecule has 8 nitrogen and oxygen atoms in total. The van der Waals surface area contributed by atoms with E-state index in [4.69, 9.17) is 16.3 Å². The van der Waals surface area contributed by atoms with Gasteiger partial charge in [0, 0.05) is 24.0 Å². The zero-order valence-electron chi connectivity index (χ0n) is 26.5. The Balaban J connectivity index is 1.81. The number of rotatable bonds is 14. The Labute approximate surface area is 277 Å². The molecule has 242 valence electrons. The molecule has 0 saturated heterocycles. The molecule has 2 atom stereocenters. The number of hydrogen-bond acceptors (Lipinski definition) is 5. The number of carbonyl (C=O) groups excluding carboxylic acids is 2. The molecule has 0 aliphatic carbocycles. The van der Waals surface area contributed by atoms with E-state index in [-0.39, 0.29) is 29.8 Å². The minimum absolute atomic E-state index is 0.0139. The number of anilines is 1. The van der Waals surface area contributed by atoms with E-state index >= 15 is 0 Å². The Kier molecular flexibility index (Phi) is 11.8. The number of halogens is 1. The van der Waals surface area contributed by atoms with E-state index in [9.17, 15) is 18.0 Å². The summed E-state index contributed by atoms with van der Waals surface area (Å²) in [4.78, 5) is 30.0. The lowest BCUT2D eigenvalue weighted by atomic mass is 10.0. The van der Waals surface area contributed by atoms with Gasteiger partial charge in [0.2, 0.25) is 11.8 Å². The molecule has 4 aromatic rings. The first-order chi connectivity index (χ1) is 22.0. The molecule has 0 radical (unpaired) electrons. The maximum absolute atomic E-state index is 14.6. The Morgan fingerprint density at radius 2 is 1.54 bits per heavy atom. The third-order valence-electron chi connectivity index (χ3n) is 7.76. The molecule has 2 amide bonds. The number of hydrogen-bond donors (Lipinski definition) is 1. The summed E-state index contributed by atoms with van der Waals surface area (Å²) in [5.41, 5.74) is 2.84. The van der Waals surface area contributed by atoms with Crippen molar-refractivity contribution >= 4 is 39.1 Å². The summed E-state index contributed by atoms with van der Waals surface area (Å²) in [5, 5.41) is 3.43. The van der Waals surface area contributed by atoms with Crippen LogP contribution in [0.3, 0.4) is 0 Å². The first-order valence-corrected chi connectivity index (χ1v) is 16.9. The van der Waals surface area contributed by atoms with Gasteiger partial charge < -0.3 is 15.0 Å². The summed E-state index contributed by atoms with van der Waals surface area (Å²) < 4.78 is 34.8. The maximum atomic E-state index is 14.6. The third kappa shape index (κ3) is 8.89. The summed E-state index contributed by atoms with van der Waals surface area (Å²) in [5.74, 6) is -0.266. The molecule has 0 aliphatic heterocycles. The largest absolute Gasteiger partial charge is 0.497 e. The van der Waals surface area contributed by atoms with Crippen LogP contribution in [0.4, 0.5) is 5.69 Å². The van der Waals surface area contributed by atoms with Gasteiger partial charge in [0.25, 0.3) is 10.0 Å². The second-order valence-electron chi connectivity index (χ2n) is 11.2.